The minimum atomic E-state index is -0.0756. The molecule has 0 spiro atoms. The van der Waals surface area contributed by atoms with Crippen LogP contribution in [0.1, 0.15) is 0 Å². The molecule has 2 aliphatic rings. The molecule has 0 fully saturated rings. The largest absolute Gasteiger partial charge is 0.507 e. The first-order valence-corrected chi connectivity index (χ1v) is 8.35. The van der Waals surface area contributed by atoms with E-state index in [1.807, 2.05) is 59.2 Å². The molecule has 0 aromatic heterocycles. The van der Waals surface area contributed by atoms with Crippen molar-refractivity contribution in [1.82, 2.24) is 9.55 Å². The normalized spacial score (nSPS) is 11.4. The average molecular weight is 338 g/mol. The summed E-state index contributed by atoms with van der Waals surface area (Å²) in [6.07, 6.45) is 0. The molecule has 1 aliphatic heterocycles. The molecule has 1 heterocycles. The van der Waals surface area contributed by atoms with Crippen LogP contribution in [0.3, 0.4) is 0 Å². The van der Waals surface area contributed by atoms with E-state index < -0.39 is 0 Å². The van der Waals surface area contributed by atoms with Crippen molar-refractivity contribution >= 4 is 21.8 Å². The maximum atomic E-state index is 12.0. The molecular formula is C22H14N2O2. The van der Waals surface area contributed by atoms with E-state index in [4.69, 9.17) is 4.98 Å². The number of aromatic nitrogens is 2. The van der Waals surface area contributed by atoms with Crippen molar-refractivity contribution in [2.75, 3.05) is 0 Å². The molecule has 3 aromatic rings. The number of hydrogen-bond donors (Lipinski definition) is 1. The molecule has 0 unspecified atom stereocenters. The summed E-state index contributed by atoms with van der Waals surface area (Å²) >= 11 is 0. The van der Waals surface area contributed by atoms with Crippen LogP contribution in [0.5, 0.6) is 5.75 Å². The Morgan fingerprint density at radius 1 is 0.808 bits per heavy atom. The maximum absolute atomic E-state index is 12.0. The SMILES string of the molecule is O=c1ccc2nc3c4ccccc4c(O)cc3n(-c3ccccc3)c-2c1. The van der Waals surface area contributed by atoms with Gasteiger partial charge in [0.05, 0.1) is 22.4 Å². The van der Waals surface area contributed by atoms with Crippen molar-refractivity contribution in [3.8, 4) is 22.8 Å². The van der Waals surface area contributed by atoms with E-state index in [9.17, 15) is 9.90 Å². The molecule has 5 rings (SSSR count). The lowest BCUT2D eigenvalue weighted by Crippen LogP contribution is -2.09. The van der Waals surface area contributed by atoms with Gasteiger partial charge >= 0.3 is 0 Å². The third kappa shape index (κ3) is 2.09. The van der Waals surface area contributed by atoms with Gasteiger partial charge < -0.3 is 9.67 Å². The summed E-state index contributed by atoms with van der Waals surface area (Å²) in [4.78, 5) is 16.8. The van der Waals surface area contributed by atoms with Crippen LogP contribution >= 0.6 is 0 Å². The van der Waals surface area contributed by atoms with E-state index >= 15 is 0 Å². The van der Waals surface area contributed by atoms with E-state index in [1.54, 1.807) is 18.2 Å². The lowest BCUT2D eigenvalue weighted by Gasteiger charge is -2.19. The Labute approximate surface area is 148 Å². The van der Waals surface area contributed by atoms with Crippen LogP contribution in [0.4, 0.5) is 0 Å². The second kappa shape index (κ2) is 5.43. The summed E-state index contributed by atoms with van der Waals surface area (Å²) in [5, 5.41) is 12.2. The highest BCUT2D eigenvalue weighted by atomic mass is 16.3. The van der Waals surface area contributed by atoms with Crippen LogP contribution in [0, 0.1) is 0 Å². The highest BCUT2D eigenvalue weighted by Gasteiger charge is 2.17. The molecule has 0 radical (unpaired) electrons. The standard InChI is InChI=1S/C22H14N2O2/c25-15-10-11-18-19(12-15)24(14-6-2-1-3-7-14)20-13-21(26)16-8-4-5-9-17(16)22(20)23-18/h1-13,26H. The van der Waals surface area contributed by atoms with Crippen LogP contribution in [0.2, 0.25) is 0 Å². The predicted octanol–water partition coefficient (Wildman–Crippen LogP) is 4.35. The molecule has 26 heavy (non-hydrogen) atoms. The van der Waals surface area contributed by atoms with Crippen LogP contribution in [0.25, 0.3) is 38.9 Å². The zero-order valence-corrected chi connectivity index (χ0v) is 13.8. The van der Waals surface area contributed by atoms with Gasteiger partial charge in [0.2, 0.25) is 0 Å². The number of benzene rings is 4. The molecule has 0 bridgehead atoms. The van der Waals surface area contributed by atoms with Crippen molar-refractivity contribution in [3.63, 3.8) is 0 Å². The van der Waals surface area contributed by atoms with Crippen LogP contribution < -0.4 is 5.43 Å². The first-order valence-electron chi connectivity index (χ1n) is 8.35. The van der Waals surface area contributed by atoms with Crippen LogP contribution in [0.15, 0.2) is 83.7 Å². The maximum Gasteiger partial charge on any atom is 0.180 e. The zero-order valence-electron chi connectivity index (χ0n) is 13.8. The Hall–Kier alpha value is -3.66. The third-order valence-electron chi connectivity index (χ3n) is 4.65. The van der Waals surface area contributed by atoms with Crippen LogP contribution in [-0.2, 0) is 0 Å². The van der Waals surface area contributed by atoms with Crippen molar-refractivity contribution in [2.24, 2.45) is 0 Å². The fraction of sp³-hybridized carbons (Fsp3) is 0. The molecule has 0 saturated carbocycles. The highest BCUT2D eigenvalue weighted by Crippen LogP contribution is 2.36. The summed E-state index contributed by atoms with van der Waals surface area (Å²) in [7, 11) is 0. The van der Waals surface area contributed by atoms with E-state index in [0.717, 1.165) is 33.2 Å². The molecule has 1 N–H and O–H groups in total. The van der Waals surface area contributed by atoms with Crippen molar-refractivity contribution < 1.29 is 5.11 Å². The van der Waals surface area contributed by atoms with Gasteiger partial charge in [0.25, 0.3) is 0 Å². The molecule has 124 valence electrons. The lowest BCUT2D eigenvalue weighted by atomic mass is 10.1. The van der Waals surface area contributed by atoms with Gasteiger partial charge in [0, 0.05) is 28.6 Å². The van der Waals surface area contributed by atoms with Gasteiger partial charge in [0.1, 0.15) is 5.75 Å². The summed E-state index contributed by atoms with van der Waals surface area (Å²) in [5.41, 5.74) is 3.82. The number of aromatic hydroxyl groups is 1. The number of rotatable bonds is 1. The van der Waals surface area contributed by atoms with Gasteiger partial charge in [-0.1, -0.05) is 42.5 Å². The van der Waals surface area contributed by atoms with E-state index in [1.165, 1.54) is 6.07 Å². The van der Waals surface area contributed by atoms with E-state index in [0.29, 0.717) is 5.69 Å². The van der Waals surface area contributed by atoms with Crippen molar-refractivity contribution in [2.45, 2.75) is 0 Å². The molecule has 1 aliphatic carbocycles. The molecule has 3 aromatic carbocycles. The third-order valence-corrected chi connectivity index (χ3v) is 4.65. The molecule has 4 nitrogen and oxygen atoms in total. The number of nitrogens with zero attached hydrogens (tertiary/aromatic N) is 2. The number of fused-ring (bicyclic) bond motifs is 4. The molecule has 0 saturated heterocycles. The van der Waals surface area contributed by atoms with Gasteiger partial charge in [-0.05, 0) is 24.3 Å². The van der Waals surface area contributed by atoms with Gasteiger partial charge in [-0.3, -0.25) is 4.79 Å². The smallest absolute Gasteiger partial charge is 0.180 e. The molecule has 4 heteroatoms. The predicted molar refractivity (Wildman–Crippen MR) is 103 cm³/mol. The Kier molecular flexibility index (Phi) is 3.06. The minimum Gasteiger partial charge on any atom is -0.507 e. The zero-order chi connectivity index (χ0) is 17.7. The topological polar surface area (TPSA) is 55.1 Å². The summed E-state index contributed by atoms with van der Waals surface area (Å²) in [6, 6.07) is 24.0. The Morgan fingerprint density at radius 3 is 2.35 bits per heavy atom. The molecular weight excluding hydrogens is 324 g/mol. The second-order valence-corrected chi connectivity index (χ2v) is 6.24. The summed E-state index contributed by atoms with van der Waals surface area (Å²) in [6.45, 7) is 0. The average Bonchev–Trinajstić information content (AvgIpc) is 2.68. The minimum absolute atomic E-state index is 0.0756. The number of hydrogen-bond acceptors (Lipinski definition) is 3. The summed E-state index contributed by atoms with van der Waals surface area (Å²) in [5.74, 6) is 0.192. The summed E-state index contributed by atoms with van der Waals surface area (Å²) < 4.78 is 1.98. The fourth-order valence-corrected chi connectivity index (χ4v) is 3.50. The van der Waals surface area contributed by atoms with E-state index in [2.05, 4.69) is 0 Å². The monoisotopic (exact) mass is 338 g/mol. The van der Waals surface area contributed by atoms with Gasteiger partial charge in [-0.25, -0.2) is 4.98 Å². The first kappa shape index (κ1) is 14.7. The van der Waals surface area contributed by atoms with Crippen molar-refractivity contribution in [1.29, 1.82) is 0 Å². The first-order chi connectivity index (χ1) is 12.7. The number of phenols is 1. The van der Waals surface area contributed by atoms with Crippen molar-refractivity contribution in [3.05, 3.63) is 89.1 Å². The van der Waals surface area contributed by atoms with Gasteiger partial charge in [0.15, 0.2) is 5.43 Å². The van der Waals surface area contributed by atoms with Gasteiger partial charge in [-0.2, -0.15) is 0 Å². The second-order valence-electron chi connectivity index (χ2n) is 6.24. The number of phenolic OH excluding ortho intramolecular Hbond substituents is 1. The highest BCUT2D eigenvalue weighted by molar-refractivity contribution is 6.08. The fourth-order valence-electron chi connectivity index (χ4n) is 3.50. The van der Waals surface area contributed by atoms with E-state index in [-0.39, 0.29) is 11.2 Å². The Balaban J connectivity index is 2.08. The number of para-hydroxylation sites is 1. The molecule has 0 amide bonds. The Bertz CT molecular complexity index is 1310. The lowest BCUT2D eigenvalue weighted by molar-refractivity contribution is 0.482. The quantitative estimate of drug-likeness (QED) is 0.365. The van der Waals surface area contributed by atoms with Gasteiger partial charge in [-0.15, -0.1) is 0 Å². The van der Waals surface area contributed by atoms with Crippen LogP contribution in [-0.4, -0.2) is 14.7 Å². The Morgan fingerprint density at radius 2 is 1.54 bits per heavy atom. The molecule has 0 atom stereocenters.